The zero-order valence-electron chi connectivity index (χ0n) is 10.2. The fraction of sp³-hybridized carbons (Fsp3) is 0.250. The molecular formula is C12H12BrClN2O2S. The summed E-state index contributed by atoms with van der Waals surface area (Å²) in [6, 6.07) is 5.33. The number of halogens is 2. The lowest BCUT2D eigenvalue weighted by Crippen LogP contribution is -2.24. The summed E-state index contributed by atoms with van der Waals surface area (Å²) in [7, 11) is -3.61. The van der Waals surface area contributed by atoms with Crippen molar-refractivity contribution < 1.29 is 8.42 Å². The number of hydrogen-bond donors (Lipinski definition) is 1. The van der Waals surface area contributed by atoms with Crippen molar-refractivity contribution in [2.24, 2.45) is 0 Å². The molecule has 1 N–H and O–H groups in total. The van der Waals surface area contributed by atoms with Crippen LogP contribution in [0.25, 0.3) is 10.9 Å². The van der Waals surface area contributed by atoms with Crippen LogP contribution in [0.5, 0.6) is 0 Å². The van der Waals surface area contributed by atoms with Gasteiger partial charge in [-0.15, -0.1) is 0 Å². The first-order valence-electron chi connectivity index (χ1n) is 5.69. The molecule has 0 saturated carbocycles. The summed E-state index contributed by atoms with van der Waals surface area (Å²) in [5, 5.41) is 0.811. The van der Waals surface area contributed by atoms with Crippen molar-refractivity contribution in [3.8, 4) is 0 Å². The van der Waals surface area contributed by atoms with E-state index in [2.05, 4.69) is 25.6 Å². The molecule has 102 valence electrons. The molecule has 1 aromatic carbocycles. The largest absolute Gasteiger partial charge is 0.255 e. The van der Waals surface area contributed by atoms with Crippen LogP contribution in [0.15, 0.2) is 33.8 Å². The lowest BCUT2D eigenvalue weighted by Gasteiger charge is -2.09. The molecule has 4 nitrogen and oxygen atoms in total. The van der Waals surface area contributed by atoms with Crippen LogP contribution in [0, 0.1) is 0 Å². The molecular weight excluding hydrogens is 352 g/mol. The highest BCUT2D eigenvalue weighted by molar-refractivity contribution is 9.10. The number of nitrogens with zero attached hydrogens (tertiary/aromatic N) is 1. The van der Waals surface area contributed by atoms with E-state index in [0.717, 1.165) is 4.47 Å². The molecule has 1 heterocycles. The average Bonchev–Trinajstić information content (AvgIpc) is 2.36. The third-order valence-corrected chi connectivity index (χ3v) is 5.05. The number of fused-ring (bicyclic) bond motifs is 1. The van der Waals surface area contributed by atoms with Crippen molar-refractivity contribution in [2.45, 2.75) is 18.2 Å². The monoisotopic (exact) mass is 362 g/mol. The minimum absolute atomic E-state index is 0.0115. The number of nitrogens with one attached hydrogen (secondary N) is 1. The van der Waals surface area contributed by atoms with E-state index >= 15 is 0 Å². The van der Waals surface area contributed by atoms with E-state index < -0.39 is 10.0 Å². The van der Waals surface area contributed by atoms with Gasteiger partial charge in [0.1, 0.15) is 4.90 Å². The van der Waals surface area contributed by atoms with Crippen molar-refractivity contribution in [1.29, 1.82) is 0 Å². The van der Waals surface area contributed by atoms with Gasteiger partial charge < -0.3 is 0 Å². The molecule has 0 fully saturated rings. The molecule has 0 aliphatic carbocycles. The maximum atomic E-state index is 12.1. The fourth-order valence-electron chi connectivity index (χ4n) is 1.62. The highest BCUT2D eigenvalue weighted by Gasteiger charge is 2.19. The van der Waals surface area contributed by atoms with Crippen molar-refractivity contribution >= 4 is 48.5 Å². The zero-order chi connectivity index (χ0) is 14.0. The maximum Gasteiger partial charge on any atom is 0.243 e. The van der Waals surface area contributed by atoms with Gasteiger partial charge in [-0.2, -0.15) is 0 Å². The summed E-state index contributed by atoms with van der Waals surface area (Å²) < 4.78 is 27.5. The molecule has 0 radical (unpaired) electrons. The van der Waals surface area contributed by atoms with Crippen molar-refractivity contribution in [3.05, 3.63) is 33.9 Å². The minimum Gasteiger partial charge on any atom is -0.255 e. The Morgan fingerprint density at radius 2 is 2.16 bits per heavy atom. The molecule has 0 saturated heterocycles. The highest BCUT2D eigenvalue weighted by Crippen LogP contribution is 2.30. The Balaban J connectivity index is 2.57. The quantitative estimate of drug-likeness (QED) is 0.906. The Labute approximate surface area is 125 Å². The second-order valence-electron chi connectivity index (χ2n) is 4.00. The number of benzene rings is 1. The normalized spacial score (nSPS) is 11.9. The van der Waals surface area contributed by atoms with E-state index in [9.17, 15) is 8.42 Å². The van der Waals surface area contributed by atoms with Crippen LogP contribution in [-0.4, -0.2) is 19.9 Å². The topological polar surface area (TPSA) is 59.1 Å². The molecule has 2 rings (SSSR count). The summed E-state index contributed by atoms with van der Waals surface area (Å²) in [5.41, 5.74) is 0.647. The van der Waals surface area contributed by atoms with Gasteiger partial charge in [0, 0.05) is 22.6 Å². The highest BCUT2D eigenvalue weighted by atomic mass is 79.9. The molecule has 0 bridgehead atoms. The lowest BCUT2D eigenvalue weighted by molar-refractivity contribution is 0.580. The Kier molecular flexibility index (Phi) is 4.45. The lowest BCUT2D eigenvalue weighted by atomic mass is 10.2. The number of rotatable bonds is 4. The van der Waals surface area contributed by atoms with Crippen LogP contribution < -0.4 is 4.72 Å². The molecule has 7 heteroatoms. The van der Waals surface area contributed by atoms with Crippen LogP contribution in [0.1, 0.15) is 13.3 Å². The van der Waals surface area contributed by atoms with Gasteiger partial charge in [0.25, 0.3) is 0 Å². The van der Waals surface area contributed by atoms with Crippen LogP contribution >= 0.6 is 27.5 Å². The summed E-state index contributed by atoms with van der Waals surface area (Å²) in [6.45, 7) is 2.26. The van der Waals surface area contributed by atoms with Crippen LogP contribution in [-0.2, 0) is 10.0 Å². The molecule has 0 aliphatic rings. The third kappa shape index (κ3) is 3.08. The van der Waals surface area contributed by atoms with Gasteiger partial charge in [-0.3, -0.25) is 4.98 Å². The molecule has 0 unspecified atom stereocenters. The third-order valence-electron chi connectivity index (χ3n) is 2.57. The van der Waals surface area contributed by atoms with E-state index in [1.54, 1.807) is 18.2 Å². The first-order valence-corrected chi connectivity index (χ1v) is 8.34. The molecule has 0 spiro atoms. The Bertz CT molecular complexity index is 719. The van der Waals surface area contributed by atoms with E-state index in [1.165, 1.54) is 6.20 Å². The smallest absolute Gasteiger partial charge is 0.243 e. The molecule has 2 aromatic rings. The van der Waals surface area contributed by atoms with Gasteiger partial charge in [-0.25, -0.2) is 13.1 Å². The first-order chi connectivity index (χ1) is 8.95. The Morgan fingerprint density at radius 1 is 1.42 bits per heavy atom. The maximum absolute atomic E-state index is 12.1. The standard InChI is InChI=1S/C12H12BrClN2O2S/c1-2-5-16-19(17,18)11-7-15-10-6-8(13)3-4-9(10)12(11)14/h3-4,6-7,16H,2,5H2,1H3. The number of sulfonamides is 1. The van der Waals surface area contributed by atoms with Crippen LogP contribution in [0.3, 0.4) is 0 Å². The van der Waals surface area contributed by atoms with Crippen molar-refractivity contribution in [2.75, 3.05) is 6.54 Å². The number of hydrogen-bond acceptors (Lipinski definition) is 3. The minimum atomic E-state index is -3.61. The van der Waals surface area contributed by atoms with Crippen molar-refractivity contribution in [3.63, 3.8) is 0 Å². The average molecular weight is 364 g/mol. The van der Waals surface area contributed by atoms with E-state index in [0.29, 0.717) is 23.9 Å². The molecule has 1 aromatic heterocycles. The first kappa shape index (κ1) is 14.7. The fourth-order valence-corrected chi connectivity index (χ4v) is 3.64. The van der Waals surface area contributed by atoms with Gasteiger partial charge in [0.15, 0.2) is 0 Å². The summed E-state index contributed by atoms with van der Waals surface area (Å²) in [6.07, 6.45) is 2.00. The van der Waals surface area contributed by atoms with Crippen LogP contribution in [0.2, 0.25) is 5.02 Å². The summed E-state index contributed by atoms with van der Waals surface area (Å²) in [4.78, 5) is 4.16. The summed E-state index contributed by atoms with van der Waals surface area (Å²) >= 11 is 9.52. The predicted octanol–water partition coefficient (Wildman–Crippen LogP) is 3.34. The van der Waals surface area contributed by atoms with E-state index in [1.807, 2.05) is 6.92 Å². The Morgan fingerprint density at radius 3 is 2.84 bits per heavy atom. The number of aromatic nitrogens is 1. The van der Waals surface area contributed by atoms with Gasteiger partial charge in [-0.1, -0.05) is 40.5 Å². The molecule has 0 aliphatic heterocycles. The van der Waals surface area contributed by atoms with Gasteiger partial charge in [0.2, 0.25) is 10.0 Å². The summed E-state index contributed by atoms with van der Waals surface area (Å²) in [5.74, 6) is 0. The Hall–Kier alpha value is -0.690. The van der Waals surface area contributed by atoms with E-state index in [-0.39, 0.29) is 9.92 Å². The molecule has 0 atom stereocenters. The SMILES string of the molecule is CCCNS(=O)(=O)c1cnc2cc(Br)ccc2c1Cl. The van der Waals surface area contributed by atoms with Crippen LogP contribution in [0.4, 0.5) is 0 Å². The second kappa shape index (κ2) is 5.75. The van der Waals surface area contributed by atoms with E-state index in [4.69, 9.17) is 11.6 Å². The second-order valence-corrected chi connectivity index (χ2v) is 7.02. The van der Waals surface area contributed by atoms with Gasteiger partial charge in [-0.05, 0) is 18.6 Å². The molecule has 19 heavy (non-hydrogen) atoms. The molecule has 0 amide bonds. The van der Waals surface area contributed by atoms with Crippen molar-refractivity contribution in [1.82, 2.24) is 9.71 Å². The predicted molar refractivity (Wildman–Crippen MR) is 79.9 cm³/mol. The number of pyridine rings is 1. The van der Waals surface area contributed by atoms with Gasteiger partial charge in [0.05, 0.1) is 10.5 Å². The zero-order valence-corrected chi connectivity index (χ0v) is 13.3. The van der Waals surface area contributed by atoms with Gasteiger partial charge >= 0.3 is 0 Å².